The van der Waals surface area contributed by atoms with Crippen molar-refractivity contribution >= 4 is 50.2 Å². The van der Waals surface area contributed by atoms with E-state index in [-0.39, 0.29) is 0 Å². The van der Waals surface area contributed by atoms with Crippen LogP contribution in [0.15, 0.2) is 134 Å². The lowest BCUT2D eigenvalue weighted by atomic mass is 9.85. The van der Waals surface area contributed by atoms with Crippen molar-refractivity contribution in [2.45, 2.75) is 6.92 Å². The highest BCUT2D eigenvalue weighted by Gasteiger charge is 2.22. The third-order valence-electron chi connectivity index (χ3n) is 8.75. The predicted octanol–water partition coefficient (Wildman–Crippen LogP) is 10.7. The molecule has 2 aromatic heterocycles. The lowest BCUT2D eigenvalue weighted by molar-refractivity contribution is 1.11. The molecule has 2 heterocycles. The third kappa shape index (κ3) is 4.14. The maximum absolute atomic E-state index is 9.87. The molecule has 0 N–H and O–H groups in total. The van der Waals surface area contributed by atoms with Crippen molar-refractivity contribution < 1.29 is 0 Å². The lowest BCUT2D eigenvalue weighted by Crippen LogP contribution is -2.00. The molecule has 46 heavy (non-hydrogen) atoms. The number of aromatic nitrogens is 3. The molecule has 0 aliphatic rings. The van der Waals surface area contributed by atoms with Gasteiger partial charge in [-0.3, -0.25) is 4.40 Å². The van der Waals surface area contributed by atoms with Crippen LogP contribution in [0.3, 0.4) is 0 Å². The van der Waals surface area contributed by atoms with E-state index in [0.29, 0.717) is 11.3 Å². The van der Waals surface area contributed by atoms with Crippen molar-refractivity contribution in [3.8, 4) is 39.7 Å². The summed E-state index contributed by atoms with van der Waals surface area (Å²) >= 11 is 0. The van der Waals surface area contributed by atoms with Crippen LogP contribution in [-0.2, 0) is 0 Å². The molecule has 4 heteroatoms. The average Bonchev–Trinajstić information content (AvgIpc) is 3.47. The molecule has 0 aliphatic carbocycles. The summed E-state index contributed by atoms with van der Waals surface area (Å²) in [6.45, 7) is 6.06. The second-order valence-corrected chi connectivity index (χ2v) is 11.3. The number of hydrogen-bond donors (Lipinski definition) is 0. The molecule has 8 aromatic rings. The molecule has 0 aliphatic heterocycles. The fourth-order valence-electron chi connectivity index (χ4n) is 6.81. The van der Waals surface area contributed by atoms with Crippen LogP contribution < -0.4 is 0 Å². The van der Waals surface area contributed by atoms with Crippen molar-refractivity contribution in [2.24, 2.45) is 0 Å². The Hall–Kier alpha value is -6.31. The van der Waals surface area contributed by atoms with Gasteiger partial charge in [0.15, 0.2) is 0 Å². The second kappa shape index (κ2) is 11.0. The van der Waals surface area contributed by atoms with Crippen molar-refractivity contribution in [1.82, 2.24) is 14.4 Å². The largest absolute Gasteiger partial charge is 0.276 e. The van der Waals surface area contributed by atoms with Gasteiger partial charge in [0, 0.05) is 10.9 Å². The van der Waals surface area contributed by atoms with Crippen molar-refractivity contribution in [3.63, 3.8) is 0 Å². The molecular weight excluding hydrogens is 560 g/mol. The van der Waals surface area contributed by atoms with E-state index >= 15 is 0 Å². The van der Waals surface area contributed by atoms with Crippen LogP contribution in [0.4, 0.5) is 0 Å². The maximum atomic E-state index is 9.87. The van der Waals surface area contributed by atoms with Gasteiger partial charge in [-0.15, -0.1) is 0 Å². The summed E-state index contributed by atoms with van der Waals surface area (Å²) in [5.41, 5.74) is 8.64. The van der Waals surface area contributed by atoms with E-state index in [1.54, 1.807) is 6.08 Å². The zero-order valence-corrected chi connectivity index (χ0v) is 25.3. The Morgan fingerprint density at radius 2 is 1.26 bits per heavy atom. The number of benzene rings is 6. The first-order chi connectivity index (χ1) is 22.7. The van der Waals surface area contributed by atoms with Crippen molar-refractivity contribution in [1.29, 1.82) is 5.26 Å². The number of nitrogens with zero attached hydrogens (tertiary/aromatic N) is 4. The predicted molar refractivity (Wildman–Crippen MR) is 191 cm³/mol. The highest BCUT2D eigenvalue weighted by atomic mass is 15.1. The van der Waals surface area contributed by atoms with Gasteiger partial charge < -0.3 is 0 Å². The quantitative estimate of drug-likeness (QED) is 0.188. The van der Waals surface area contributed by atoms with Crippen LogP contribution in [0, 0.1) is 11.3 Å². The number of allylic oxidation sites excluding steroid dienone is 1. The van der Waals surface area contributed by atoms with Gasteiger partial charge in [0.05, 0.1) is 34.4 Å². The van der Waals surface area contributed by atoms with Crippen LogP contribution in [0.1, 0.15) is 23.9 Å². The van der Waals surface area contributed by atoms with Gasteiger partial charge in [0.25, 0.3) is 0 Å². The Kier molecular flexibility index (Phi) is 6.52. The highest BCUT2D eigenvalue weighted by Crippen LogP contribution is 2.45. The molecule has 0 atom stereocenters. The summed E-state index contributed by atoms with van der Waals surface area (Å²) in [5, 5.41) is 16.3. The molecule has 0 saturated carbocycles. The summed E-state index contributed by atoms with van der Waals surface area (Å²) < 4.78 is 2.12. The Balaban J connectivity index is 1.52. The van der Waals surface area contributed by atoms with E-state index in [4.69, 9.17) is 9.97 Å². The third-order valence-corrected chi connectivity index (χ3v) is 8.75. The van der Waals surface area contributed by atoms with Gasteiger partial charge in [0.1, 0.15) is 0 Å². The van der Waals surface area contributed by atoms with E-state index < -0.39 is 0 Å². The Bertz CT molecular complexity index is 2510. The molecule has 0 unspecified atom stereocenters. The topological polar surface area (TPSA) is 54.0 Å². The number of imidazole rings is 1. The number of rotatable bonds is 5. The van der Waals surface area contributed by atoms with Crippen LogP contribution in [0.5, 0.6) is 0 Å². The number of fused-ring (bicyclic) bond motifs is 4. The summed E-state index contributed by atoms with van der Waals surface area (Å²) in [6, 6.07) is 44.3. The monoisotopic (exact) mass is 588 g/mol. The van der Waals surface area contributed by atoms with Gasteiger partial charge >= 0.3 is 0 Å². The molecule has 4 nitrogen and oxygen atoms in total. The molecule has 6 aromatic carbocycles. The Morgan fingerprint density at radius 1 is 0.674 bits per heavy atom. The van der Waals surface area contributed by atoms with Crippen LogP contribution in [-0.4, -0.2) is 14.4 Å². The first-order valence-corrected chi connectivity index (χ1v) is 15.3. The van der Waals surface area contributed by atoms with Gasteiger partial charge in [0.2, 0.25) is 5.78 Å². The van der Waals surface area contributed by atoms with Gasteiger partial charge in [-0.1, -0.05) is 122 Å². The van der Waals surface area contributed by atoms with Gasteiger partial charge in [-0.2, -0.15) is 5.26 Å². The normalized spacial score (nSPS) is 11.6. The van der Waals surface area contributed by atoms with E-state index in [2.05, 4.69) is 114 Å². The molecule has 0 saturated heterocycles. The minimum Gasteiger partial charge on any atom is -0.276 e. The summed E-state index contributed by atoms with van der Waals surface area (Å²) in [6.07, 6.45) is 5.87. The highest BCUT2D eigenvalue weighted by molar-refractivity contribution is 6.23. The molecule has 0 amide bonds. The molecule has 216 valence electrons. The Labute approximate surface area is 266 Å². The fraction of sp³-hybridized carbons (Fsp3) is 0.0238. The zero-order valence-electron chi connectivity index (χ0n) is 25.3. The first-order valence-electron chi connectivity index (χ1n) is 15.3. The van der Waals surface area contributed by atoms with Crippen LogP contribution in [0.2, 0.25) is 0 Å². The van der Waals surface area contributed by atoms with Crippen LogP contribution >= 0.6 is 0 Å². The van der Waals surface area contributed by atoms with E-state index in [0.717, 1.165) is 77.3 Å². The summed E-state index contributed by atoms with van der Waals surface area (Å²) in [7, 11) is 0. The minimum atomic E-state index is 0.620. The van der Waals surface area contributed by atoms with Crippen LogP contribution in [0.25, 0.3) is 83.9 Å². The van der Waals surface area contributed by atoms with E-state index in [1.807, 2.05) is 43.3 Å². The Morgan fingerprint density at radius 3 is 1.87 bits per heavy atom. The molecule has 0 radical (unpaired) electrons. The van der Waals surface area contributed by atoms with Crippen molar-refractivity contribution in [2.75, 3.05) is 0 Å². The average molecular weight is 589 g/mol. The standard InChI is InChI=1S/C42H28N4/c1-3-14-38-36(4-2)44-42-45-37(25-39(46(38)42)27-15-6-5-7-16-27)41-33-21-12-10-19-31(33)40(32-20-11-13-22-34(32)41)35-24-23-28(26-43)29-17-8-9-18-30(29)35/h3-25H,2H2,1H3/b14-3-. The lowest BCUT2D eigenvalue weighted by Gasteiger charge is -2.19. The fourth-order valence-corrected chi connectivity index (χ4v) is 6.81. The first kappa shape index (κ1) is 27.3. The number of nitriles is 1. The summed E-state index contributed by atoms with van der Waals surface area (Å²) in [4.78, 5) is 10.2. The smallest absolute Gasteiger partial charge is 0.235 e. The SMILES string of the molecule is C=Cc1nc2nc(-c3c4ccccc4c(-c4ccc(C#N)c5ccccc45)c4ccccc34)cc(-c3ccccc3)n2c1/C=C\C. The molecule has 0 fully saturated rings. The molecular formula is C42H28N4. The zero-order chi connectivity index (χ0) is 31.2. The number of hydrogen-bond acceptors (Lipinski definition) is 3. The molecule has 8 rings (SSSR count). The van der Waals surface area contributed by atoms with Crippen molar-refractivity contribution in [3.05, 3.63) is 151 Å². The minimum absolute atomic E-state index is 0.620. The second-order valence-electron chi connectivity index (χ2n) is 11.3. The van der Waals surface area contributed by atoms with Gasteiger partial charge in [-0.05, 0) is 74.8 Å². The summed E-state index contributed by atoms with van der Waals surface area (Å²) in [5.74, 6) is 0.620. The maximum Gasteiger partial charge on any atom is 0.235 e. The molecule has 0 bridgehead atoms. The van der Waals surface area contributed by atoms with Gasteiger partial charge in [-0.25, -0.2) is 9.97 Å². The molecule has 0 spiro atoms. The van der Waals surface area contributed by atoms with E-state index in [9.17, 15) is 5.26 Å². The van der Waals surface area contributed by atoms with E-state index in [1.165, 1.54) is 0 Å².